The number of hydrogen-bond acceptors (Lipinski definition) is 2. The van der Waals surface area contributed by atoms with E-state index in [1.54, 1.807) is 0 Å². The number of halogens is 1. The predicted octanol–water partition coefficient (Wildman–Crippen LogP) is 3.11. The van der Waals surface area contributed by atoms with Crippen molar-refractivity contribution in [2.45, 2.75) is 65.3 Å². The molecule has 1 rings (SSSR count). The standard InChI is InChI=1S/C15H30N2O.ClH/c1-5-12-6-8-13(9-7-12)14(18)17-15(4,10-16)11(2)3;/h11-13H,5-10,16H2,1-4H3,(H,17,18);1H. The Hall–Kier alpha value is -0.280. The van der Waals surface area contributed by atoms with Crippen LogP contribution in [0.1, 0.15) is 59.8 Å². The van der Waals surface area contributed by atoms with Gasteiger partial charge in [-0.1, -0.05) is 27.2 Å². The molecule has 114 valence electrons. The van der Waals surface area contributed by atoms with Crippen molar-refractivity contribution in [3.63, 3.8) is 0 Å². The Balaban J connectivity index is 0.00000324. The molecule has 1 atom stereocenters. The van der Waals surface area contributed by atoms with Gasteiger partial charge in [0.15, 0.2) is 0 Å². The molecule has 1 amide bonds. The molecule has 3 N–H and O–H groups in total. The molecule has 1 unspecified atom stereocenters. The van der Waals surface area contributed by atoms with E-state index >= 15 is 0 Å². The molecule has 19 heavy (non-hydrogen) atoms. The maximum absolute atomic E-state index is 12.3. The van der Waals surface area contributed by atoms with Crippen LogP contribution in [0.4, 0.5) is 0 Å². The summed E-state index contributed by atoms with van der Waals surface area (Å²) in [5, 5.41) is 3.18. The van der Waals surface area contributed by atoms with Crippen LogP contribution in [0.15, 0.2) is 0 Å². The third-order valence-corrected chi connectivity index (χ3v) is 4.90. The number of rotatable bonds is 5. The first kappa shape index (κ1) is 18.7. The van der Waals surface area contributed by atoms with Crippen molar-refractivity contribution in [3.8, 4) is 0 Å². The van der Waals surface area contributed by atoms with Gasteiger partial charge < -0.3 is 11.1 Å². The summed E-state index contributed by atoms with van der Waals surface area (Å²) in [6.07, 6.45) is 5.75. The minimum atomic E-state index is -0.265. The molecule has 1 saturated carbocycles. The van der Waals surface area contributed by atoms with Gasteiger partial charge in [-0.3, -0.25) is 4.79 Å². The predicted molar refractivity (Wildman–Crippen MR) is 83.4 cm³/mol. The first-order valence-corrected chi connectivity index (χ1v) is 7.45. The molecule has 0 bridgehead atoms. The molecule has 1 aliphatic carbocycles. The van der Waals surface area contributed by atoms with Gasteiger partial charge in [-0.05, 0) is 44.4 Å². The van der Waals surface area contributed by atoms with Gasteiger partial charge in [0, 0.05) is 12.5 Å². The van der Waals surface area contributed by atoms with E-state index in [0.29, 0.717) is 12.5 Å². The van der Waals surface area contributed by atoms with Gasteiger partial charge in [0.25, 0.3) is 0 Å². The number of nitrogens with two attached hydrogens (primary N) is 1. The Morgan fingerprint density at radius 2 is 1.84 bits per heavy atom. The van der Waals surface area contributed by atoms with Crippen LogP contribution in [-0.2, 0) is 4.79 Å². The van der Waals surface area contributed by atoms with Crippen molar-refractivity contribution in [1.29, 1.82) is 0 Å². The first-order valence-electron chi connectivity index (χ1n) is 7.45. The summed E-state index contributed by atoms with van der Waals surface area (Å²) in [4.78, 5) is 12.3. The highest BCUT2D eigenvalue weighted by atomic mass is 35.5. The SMILES string of the molecule is CCC1CCC(C(=O)NC(C)(CN)C(C)C)CC1.Cl. The normalized spacial score (nSPS) is 26.4. The Bertz CT molecular complexity index is 275. The second-order valence-corrected chi connectivity index (χ2v) is 6.39. The number of carbonyl (C=O) groups excluding carboxylic acids is 1. The maximum atomic E-state index is 12.3. The summed E-state index contributed by atoms with van der Waals surface area (Å²) in [5.41, 5.74) is 5.55. The lowest BCUT2D eigenvalue weighted by molar-refractivity contribution is -0.128. The Labute approximate surface area is 124 Å². The average Bonchev–Trinajstić information content (AvgIpc) is 2.38. The lowest BCUT2D eigenvalue weighted by Crippen LogP contribution is -2.56. The Morgan fingerprint density at radius 1 is 1.32 bits per heavy atom. The monoisotopic (exact) mass is 290 g/mol. The van der Waals surface area contributed by atoms with E-state index in [1.807, 2.05) is 6.92 Å². The van der Waals surface area contributed by atoms with Crippen LogP contribution in [0.3, 0.4) is 0 Å². The number of nitrogens with one attached hydrogen (secondary N) is 1. The summed E-state index contributed by atoms with van der Waals surface area (Å²) in [6.45, 7) is 9.02. The Kier molecular flexibility index (Phi) is 7.99. The van der Waals surface area contributed by atoms with Gasteiger partial charge in [-0.15, -0.1) is 12.4 Å². The fourth-order valence-corrected chi connectivity index (χ4v) is 2.65. The molecular weight excluding hydrogens is 260 g/mol. The first-order chi connectivity index (χ1) is 8.42. The van der Waals surface area contributed by atoms with E-state index in [0.717, 1.165) is 18.8 Å². The average molecular weight is 291 g/mol. The highest BCUT2D eigenvalue weighted by Crippen LogP contribution is 2.31. The van der Waals surface area contributed by atoms with E-state index in [1.165, 1.54) is 19.3 Å². The summed E-state index contributed by atoms with van der Waals surface area (Å²) in [7, 11) is 0. The largest absolute Gasteiger partial charge is 0.349 e. The van der Waals surface area contributed by atoms with Crippen molar-refractivity contribution in [2.24, 2.45) is 23.5 Å². The zero-order chi connectivity index (χ0) is 13.8. The van der Waals surface area contributed by atoms with Crippen LogP contribution < -0.4 is 11.1 Å². The topological polar surface area (TPSA) is 55.1 Å². The van der Waals surface area contributed by atoms with Crippen LogP contribution in [0.25, 0.3) is 0 Å². The molecule has 0 heterocycles. The number of amides is 1. The fraction of sp³-hybridized carbons (Fsp3) is 0.933. The van der Waals surface area contributed by atoms with Crippen molar-refractivity contribution in [1.82, 2.24) is 5.32 Å². The van der Waals surface area contributed by atoms with Crippen LogP contribution in [0.5, 0.6) is 0 Å². The number of carbonyl (C=O) groups is 1. The molecule has 0 radical (unpaired) electrons. The Morgan fingerprint density at radius 3 is 2.21 bits per heavy atom. The quantitative estimate of drug-likeness (QED) is 0.817. The van der Waals surface area contributed by atoms with Crippen molar-refractivity contribution in [2.75, 3.05) is 6.54 Å². The number of hydrogen-bond donors (Lipinski definition) is 2. The van der Waals surface area contributed by atoms with Crippen LogP contribution in [-0.4, -0.2) is 18.0 Å². The molecule has 1 aliphatic rings. The highest BCUT2D eigenvalue weighted by Gasteiger charge is 2.32. The minimum absolute atomic E-state index is 0. The van der Waals surface area contributed by atoms with Crippen molar-refractivity contribution < 1.29 is 4.79 Å². The smallest absolute Gasteiger partial charge is 0.223 e. The third kappa shape index (κ3) is 4.96. The zero-order valence-corrected chi connectivity index (χ0v) is 13.7. The van der Waals surface area contributed by atoms with E-state index in [-0.39, 0.29) is 29.8 Å². The van der Waals surface area contributed by atoms with Crippen LogP contribution >= 0.6 is 12.4 Å². The van der Waals surface area contributed by atoms with E-state index in [9.17, 15) is 4.79 Å². The molecule has 3 nitrogen and oxygen atoms in total. The van der Waals surface area contributed by atoms with Gasteiger partial charge in [0.1, 0.15) is 0 Å². The minimum Gasteiger partial charge on any atom is -0.349 e. The van der Waals surface area contributed by atoms with Gasteiger partial charge >= 0.3 is 0 Å². The maximum Gasteiger partial charge on any atom is 0.223 e. The fourth-order valence-electron chi connectivity index (χ4n) is 2.65. The summed E-state index contributed by atoms with van der Waals surface area (Å²) < 4.78 is 0. The van der Waals surface area contributed by atoms with Gasteiger partial charge in [0.2, 0.25) is 5.91 Å². The van der Waals surface area contributed by atoms with E-state index in [4.69, 9.17) is 5.73 Å². The van der Waals surface area contributed by atoms with Crippen molar-refractivity contribution in [3.05, 3.63) is 0 Å². The van der Waals surface area contributed by atoms with E-state index in [2.05, 4.69) is 26.1 Å². The van der Waals surface area contributed by atoms with E-state index < -0.39 is 0 Å². The van der Waals surface area contributed by atoms with Gasteiger partial charge in [0.05, 0.1) is 5.54 Å². The second-order valence-electron chi connectivity index (χ2n) is 6.39. The highest BCUT2D eigenvalue weighted by molar-refractivity contribution is 5.85. The van der Waals surface area contributed by atoms with Gasteiger partial charge in [-0.2, -0.15) is 0 Å². The van der Waals surface area contributed by atoms with Gasteiger partial charge in [-0.25, -0.2) is 0 Å². The molecule has 0 aliphatic heterocycles. The summed E-state index contributed by atoms with van der Waals surface area (Å²) in [6, 6.07) is 0. The molecule has 0 spiro atoms. The molecular formula is C15H31ClN2O. The van der Waals surface area contributed by atoms with Crippen molar-refractivity contribution >= 4 is 18.3 Å². The molecule has 4 heteroatoms. The molecule has 0 aromatic heterocycles. The lowest BCUT2D eigenvalue weighted by Gasteiger charge is -2.36. The summed E-state index contributed by atoms with van der Waals surface area (Å²) >= 11 is 0. The lowest BCUT2D eigenvalue weighted by atomic mass is 9.79. The third-order valence-electron chi connectivity index (χ3n) is 4.90. The summed E-state index contributed by atoms with van der Waals surface area (Å²) in [5.74, 6) is 1.61. The molecule has 0 aromatic rings. The molecule has 1 fully saturated rings. The van der Waals surface area contributed by atoms with Crippen LogP contribution in [0, 0.1) is 17.8 Å². The second kappa shape index (κ2) is 8.11. The molecule has 0 saturated heterocycles. The van der Waals surface area contributed by atoms with Crippen LogP contribution in [0.2, 0.25) is 0 Å². The molecule has 0 aromatic carbocycles. The zero-order valence-electron chi connectivity index (χ0n) is 12.9.